The lowest BCUT2D eigenvalue weighted by molar-refractivity contribution is 0.0956. The van der Waals surface area contributed by atoms with Crippen LogP contribution in [0.5, 0.6) is 0 Å². The monoisotopic (exact) mass is 363 g/mol. The Hall–Kier alpha value is -0.230. The van der Waals surface area contributed by atoms with Crippen molar-refractivity contribution in [2.75, 3.05) is 12.3 Å². The predicted molar refractivity (Wildman–Crippen MR) is 83.7 cm³/mol. The largest absolute Gasteiger partial charge is 0.351 e. The third-order valence-corrected chi connectivity index (χ3v) is 4.02. The Labute approximate surface area is 121 Å². The van der Waals surface area contributed by atoms with Crippen molar-refractivity contribution in [3.63, 3.8) is 0 Å². The van der Waals surface area contributed by atoms with Gasteiger partial charge in [0.2, 0.25) is 0 Å². The van der Waals surface area contributed by atoms with Crippen LogP contribution in [0.4, 0.5) is 0 Å². The zero-order valence-electron chi connectivity index (χ0n) is 10.4. The highest BCUT2D eigenvalue weighted by molar-refractivity contribution is 14.1. The maximum absolute atomic E-state index is 11.8. The summed E-state index contributed by atoms with van der Waals surface area (Å²) in [5, 5.41) is 2.93. The van der Waals surface area contributed by atoms with E-state index in [9.17, 15) is 4.79 Å². The van der Waals surface area contributed by atoms with Gasteiger partial charge >= 0.3 is 0 Å². The first-order chi connectivity index (χ1) is 7.88. The van der Waals surface area contributed by atoms with Crippen LogP contribution in [0, 0.1) is 3.57 Å². The number of hydrogen-bond donors (Lipinski definition) is 1. The molecule has 0 bridgehead atoms. The van der Waals surface area contributed by atoms with E-state index >= 15 is 0 Å². The topological polar surface area (TPSA) is 29.1 Å². The second kappa shape index (κ2) is 6.64. The molecule has 0 radical (unpaired) electrons. The van der Waals surface area contributed by atoms with E-state index in [2.05, 4.69) is 48.7 Å². The third kappa shape index (κ3) is 6.31. The van der Waals surface area contributed by atoms with E-state index in [1.165, 1.54) is 0 Å². The molecule has 0 aliphatic carbocycles. The Balaban J connectivity index is 2.33. The Kier molecular flexibility index (Phi) is 5.79. The molecule has 1 rings (SSSR count). The van der Waals surface area contributed by atoms with Crippen molar-refractivity contribution in [1.29, 1.82) is 0 Å². The van der Waals surface area contributed by atoms with Gasteiger partial charge in [-0.15, -0.1) is 0 Å². The summed E-state index contributed by atoms with van der Waals surface area (Å²) in [6, 6.07) is 7.60. The quantitative estimate of drug-likeness (QED) is 0.655. The summed E-state index contributed by atoms with van der Waals surface area (Å²) in [7, 11) is 0. The fourth-order valence-electron chi connectivity index (χ4n) is 1.23. The van der Waals surface area contributed by atoms with Crippen LogP contribution in [-0.4, -0.2) is 23.0 Å². The smallest absolute Gasteiger partial charge is 0.251 e. The van der Waals surface area contributed by atoms with Crippen molar-refractivity contribution in [1.82, 2.24) is 5.32 Å². The summed E-state index contributed by atoms with van der Waals surface area (Å²) in [4.78, 5) is 11.8. The predicted octanol–water partition coefficient (Wildman–Crippen LogP) is 3.55. The van der Waals surface area contributed by atoms with Crippen molar-refractivity contribution in [3.8, 4) is 0 Å². The first kappa shape index (κ1) is 14.8. The summed E-state index contributed by atoms with van der Waals surface area (Å²) in [6.45, 7) is 7.25. The summed E-state index contributed by atoms with van der Waals surface area (Å²) >= 11 is 4.09. The van der Waals surface area contributed by atoms with E-state index in [1.54, 1.807) is 0 Å². The minimum Gasteiger partial charge on any atom is -0.351 e. The summed E-state index contributed by atoms with van der Waals surface area (Å²) in [6.07, 6.45) is 0. The van der Waals surface area contributed by atoms with E-state index in [-0.39, 0.29) is 10.7 Å². The molecule has 17 heavy (non-hydrogen) atoms. The van der Waals surface area contributed by atoms with Crippen LogP contribution in [0.2, 0.25) is 0 Å². The number of benzene rings is 1. The van der Waals surface area contributed by atoms with Crippen molar-refractivity contribution >= 4 is 40.3 Å². The number of amides is 1. The maximum Gasteiger partial charge on any atom is 0.251 e. The maximum atomic E-state index is 11.8. The fourth-order valence-corrected chi connectivity index (χ4v) is 2.40. The minimum absolute atomic E-state index is 0.0101. The van der Waals surface area contributed by atoms with Gasteiger partial charge in [0.05, 0.1) is 0 Å². The molecule has 0 fully saturated rings. The zero-order chi connectivity index (χ0) is 12.9. The zero-order valence-corrected chi connectivity index (χ0v) is 13.4. The molecular formula is C13H18INOS. The molecule has 0 aliphatic heterocycles. The van der Waals surface area contributed by atoms with Gasteiger partial charge < -0.3 is 5.32 Å². The van der Waals surface area contributed by atoms with Crippen molar-refractivity contribution in [2.45, 2.75) is 25.5 Å². The third-order valence-electron chi connectivity index (χ3n) is 2.03. The van der Waals surface area contributed by atoms with Crippen LogP contribution in [0.1, 0.15) is 31.1 Å². The molecule has 0 aromatic heterocycles. The molecule has 94 valence electrons. The van der Waals surface area contributed by atoms with Gasteiger partial charge in [-0.1, -0.05) is 20.8 Å². The molecule has 1 N–H and O–H groups in total. The van der Waals surface area contributed by atoms with Gasteiger partial charge in [0, 0.05) is 26.2 Å². The van der Waals surface area contributed by atoms with E-state index in [0.717, 1.165) is 14.9 Å². The Morgan fingerprint density at radius 3 is 2.41 bits per heavy atom. The fraction of sp³-hybridized carbons (Fsp3) is 0.462. The molecule has 0 unspecified atom stereocenters. The lowest BCUT2D eigenvalue weighted by atomic mass is 10.2. The number of carbonyl (C=O) groups is 1. The van der Waals surface area contributed by atoms with Gasteiger partial charge in [-0.2, -0.15) is 11.8 Å². The van der Waals surface area contributed by atoms with Crippen LogP contribution in [0.3, 0.4) is 0 Å². The standard InChI is InChI=1S/C13H18INOS/c1-13(2,3)17-9-8-15-12(16)10-4-6-11(14)7-5-10/h4-7H,8-9H2,1-3H3,(H,15,16). The molecule has 0 spiro atoms. The van der Waals surface area contributed by atoms with Crippen LogP contribution in [0.15, 0.2) is 24.3 Å². The van der Waals surface area contributed by atoms with Crippen LogP contribution in [0.25, 0.3) is 0 Å². The number of rotatable bonds is 4. The van der Waals surface area contributed by atoms with Gasteiger partial charge in [-0.3, -0.25) is 4.79 Å². The van der Waals surface area contributed by atoms with E-state index in [4.69, 9.17) is 0 Å². The highest BCUT2D eigenvalue weighted by Crippen LogP contribution is 2.22. The van der Waals surface area contributed by atoms with Gasteiger partial charge in [0.15, 0.2) is 0 Å². The molecule has 0 atom stereocenters. The summed E-state index contributed by atoms with van der Waals surface area (Å²) < 4.78 is 1.40. The SMILES string of the molecule is CC(C)(C)SCCNC(=O)c1ccc(I)cc1. The molecule has 0 saturated heterocycles. The number of carbonyl (C=O) groups excluding carboxylic acids is 1. The second-order valence-electron chi connectivity index (χ2n) is 4.72. The van der Waals surface area contributed by atoms with Crippen molar-refractivity contribution < 1.29 is 4.79 Å². The molecule has 0 saturated carbocycles. The van der Waals surface area contributed by atoms with Gasteiger partial charge in [0.25, 0.3) is 5.91 Å². The first-order valence-electron chi connectivity index (χ1n) is 5.56. The highest BCUT2D eigenvalue weighted by atomic mass is 127. The molecule has 0 aliphatic rings. The number of nitrogens with one attached hydrogen (secondary N) is 1. The van der Waals surface area contributed by atoms with Crippen LogP contribution in [-0.2, 0) is 0 Å². The Bertz CT molecular complexity index is 370. The van der Waals surface area contributed by atoms with E-state index < -0.39 is 0 Å². The van der Waals surface area contributed by atoms with Gasteiger partial charge in [-0.05, 0) is 46.9 Å². The van der Waals surface area contributed by atoms with E-state index in [0.29, 0.717) is 6.54 Å². The molecule has 1 aromatic rings. The lowest BCUT2D eigenvalue weighted by Crippen LogP contribution is -2.26. The Morgan fingerprint density at radius 1 is 1.29 bits per heavy atom. The Morgan fingerprint density at radius 2 is 1.88 bits per heavy atom. The van der Waals surface area contributed by atoms with Gasteiger partial charge in [-0.25, -0.2) is 0 Å². The number of thioether (sulfide) groups is 1. The lowest BCUT2D eigenvalue weighted by Gasteiger charge is -2.17. The van der Waals surface area contributed by atoms with E-state index in [1.807, 2.05) is 36.0 Å². The average molecular weight is 363 g/mol. The van der Waals surface area contributed by atoms with Crippen LogP contribution >= 0.6 is 34.4 Å². The summed E-state index contributed by atoms with van der Waals surface area (Å²) in [5.74, 6) is 0.954. The van der Waals surface area contributed by atoms with Crippen molar-refractivity contribution in [3.05, 3.63) is 33.4 Å². The number of hydrogen-bond acceptors (Lipinski definition) is 2. The van der Waals surface area contributed by atoms with Crippen LogP contribution < -0.4 is 5.32 Å². The first-order valence-corrected chi connectivity index (χ1v) is 7.63. The highest BCUT2D eigenvalue weighted by Gasteiger charge is 2.10. The number of halogens is 1. The van der Waals surface area contributed by atoms with Gasteiger partial charge in [0.1, 0.15) is 0 Å². The molecule has 0 heterocycles. The average Bonchev–Trinajstić information content (AvgIpc) is 2.24. The minimum atomic E-state index is 0.0101. The molecule has 4 heteroatoms. The normalized spacial score (nSPS) is 11.3. The molecular weight excluding hydrogens is 345 g/mol. The second-order valence-corrected chi connectivity index (χ2v) is 7.89. The van der Waals surface area contributed by atoms with Crippen molar-refractivity contribution in [2.24, 2.45) is 0 Å². The summed E-state index contributed by atoms with van der Waals surface area (Å²) in [5.41, 5.74) is 0.728. The molecule has 1 aromatic carbocycles. The molecule has 1 amide bonds. The molecule has 2 nitrogen and oxygen atoms in total.